The minimum absolute atomic E-state index is 0.171. The fourth-order valence-corrected chi connectivity index (χ4v) is 3.91. The Morgan fingerprint density at radius 1 is 1.29 bits per heavy atom. The maximum atomic E-state index is 12.1. The van der Waals surface area contributed by atoms with Gasteiger partial charge in [-0.05, 0) is 49.0 Å². The second kappa shape index (κ2) is 10.5. The highest BCUT2D eigenvalue weighted by molar-refractivity contribution is 7.88. The standard InChI is InChI=1S/C20H30N2O5S/c1-4-13-27-18-7-5-16(14-19(18)26-2)6-8-20(23)21-15-17-9-11-22(12-10-17)28(3,24)25/h5-8,14,17H,4,9-13,15H2,1-3H3,(H,21,23)/b8-6+. The maximum absolute atomic E-state index is 12.1. The van der Waals surface area contributed by atoms with Crippen molar-refractivity contribution >= 4 is 22.0 Å². The Balaban J connectivity index is 1.82. The van der Waals surface area contributed by atoms with Crippen LogP contribution in [-0.4, -0.2) is 58.2 Å². The number of hydrogen-bond acceptors (Lipinski definition) is 5. The van der Waals surface area contributed by atoms with E-state index < -0.39 is 10.0 Å². The van der Waals surface area contributed by atoms with Gasteiger partial charge in [-0.2, -0.15) is 0 Å². The number of sulfonamides is 1. The normalized spacial score (nSPS) is 16.2. The van der Waals surface area contributed by atoms with Crippen molar-refractivity contribution in [2.24, 2.45) is 5.92 Å². The molecule has 0 unspecified atom stereocenters. The maximum Gasteiger partial charge on any atom is 0.244 e. The number of methoxy groups -OCH3 is 1. The van der Waals surface area contributed by atoms with E-state index >= 15 is 0 Å². The molecule has 8 heteroatoms. The predicted molar refractivity (Wildman–Crippen MR) is 110 cm³/mol. The van der Waals surface area contributed by atoms with Crippen LogP contribution in [0.4, 0.5) is 0 Å². The van der Waals surface area contributed by atoms with Gasteiger partial charge in [0.1, 0.15) is 0 Å². The highest BCUT2D eigenvalue weighted by Gasteiger charge is 2.24. The number of ether oxygens (including phenoxy) is 2. The Morgan fingerprint density at radius 2 is 2.00 bits per heavy atom. The number of carbonyl (C=O) groups excluding carboxylic acids is 1. The molecule has 0 aromatic heterocycles. The van der Waals surface area contributed by atoms with E-state index in [1.165, 1.54) is 16.6 Å². The van der Waals surface area contributed by atoms with Gasteiger partial charge in [-0.1, -0.05) is 13.0 Å². The molecule has 0 saturated carbocycles. The summed E-state index contributed by atoms with van der Waals surface area (Å²) < 4.78 is 35.5. The molecule has 0 bridgehead atoms. The molecule has 1 aromatic carbocycles. The van der Waals surface area contributed by atoms with Gasteiger partial charge in [-0.3, -0.25) is 4.79 Å². The molecule has 1 saturated heterocycles. The van der Waals surface area contributed by atoms with Crippen LogP contribution in [0.1, 0.15) is 31.7 Å². The highest BCUT2D eigenvalue weighted by Crippen LogP contribution is 2.28. The lowest BCUT2D eigenvalue weighted by Gasteiger charge is -2.30. The molecule has 0 radical (unpaired) electrons. The van der Waals surface area contributed by atoms with Crippen molar-refractivity contribution in [1.82, 2.24) is 9.62 Å². The molecule has 1 aliphatic heterocycles. The summed E-state index contributed by atoms with van der Waals surface area (Å²) in [5, 5.41) is 2.89. The van der Waals surface area contributed by atoms with Gasteiger partial charge in [0, 0.05) is 25.7 Å². The van der Waals surface area contributed by atoms with E-state index in [4.69, 9.17) is 9.47 Å². The molecule has 1 fully saturated rings. The lowest BCUT2D eigenvalue weighted by atomic mass is 9.98. The largest absolute Gasteiger partial charge is 0.493 e. The minimum Gasteiger partial charge on any atom is -0.493 e. The quantitative estimate of drug-likeness (QED) is 0.632. The minimum atomic E-state index is -3.12. The fraction of sp³-hybridized carbons (Fsp3) is 0.550. The Bertz CT molecular complexity index is 784. The van der Waals surface area contributed by atoms with Gasteiger partial charge in [-0.25, -0.2) is 12.7 Å². The van der Waals surface area contributed by atoms with E-state index in [2.05, 4.69) is 5.32 Å². The zero-order valence-corrected chi connectivity index (χ0v) is 17.6. The smallest absolute Gasteiger partial charge is 0.244 e. The number of rotatable bonds is 9. The number of nitrogens with one attached hydrogen (secondary N) is 1. The van der Waals surface area contributed by atoms with Crippen LogP contribution >= 0.6 is 0 Å². The van der Waals surface area contributed by atoms with Crippen LogP contribution in [0.3, 0.4) is 0 Å². The molecule has 0 atom stereocenters. The van der Waals surface area contributed by atoms with Crippen molar-refractivity contribution in [3.63, 3.8) is 0 Å². The summed E-state index contributed by atoms with van der Waals surface area (Å²) in [7, 11) is -1.53. The van der Waals surface area contributed by atoms with Gasteiger partial charge in [-0.15, -0.1) is 0 Å². The molecule has 1 aromatic rings. The van der Waals surface area contributed by atoms with E-state index in [-0.39, 0.29) is 5.91 Å². The van der Waals surface area contributed by atoms with Crippen LogP contribution in [0.25, 0.3) is 6.08 Å². The molecular formula is C20H30N2O5S. The summed E-state index contributed by atoms with van der Waals surface area (Å²) in [6.45, 7) is 4.24. The summed E-state index contributed by atoms with van der Waals surface area (Å²) in [6, 6.07) is 5.54. The van der Waals surface area contributed by atoms with Crippen molar-refractivity contribution in [2.45, 2.75) is 26.2 Å². The first-order valence-electron chi connectivity index (χ1n) is 9.55. The number of carbonyl (C=O) groups is 1. The van der Waals surface area contributed by atoms with Crippen LogP contribution in [0, 0.1) is 5.92 Å². The topological polar surface area (TPSA) is 84.9 Å². The molecule has 1 heterocycles. The van der Waals surface area contributed by atoms with E-state index in [1.807, 2.05) is 25.1 Å². The number of hydrogen-bond donors (Lipinski definition) is 1. The molecule has 1 amide bonds. The molecule has 1 aliphatic rings. The van der Waals surface area contributed by atoms with Crippen molar-refractivity contribution in [3.05, 3.63) is 29.8 Å². The van der Waals surface area contributed by atoms with E-state index in [9.17, 15) is 13.2 Å². The molecule has 0 spiro atoms. The Kier molecular flexibility index (Phi) is 8.32. The van der Waals surface area contributed by atoms with Crippen LogP contribution in [0.15, 0.2) is 24.3 Å². The van der Waals surface area contributed by atoms with E-state index in [0.717, 1.165) is 24.8 Å². The zero-order chi connectivity index (χ0) is 20.6. The van der Waals surface area contributed by atoms with Gasteiger partial charge in [0.25, 0.3) is 0 Å². The van der Waals surface area contributed by atoms with Crippen molar-refractivity contribution < 1.29 is 22.7 Å². The molecular weight excluding hydrogens is 380 g/mol. The fourth-order valence-electron chi connectivity index (χ4n) is 3.04. The first-order chi connectivity index (χ1) is 13.3. The third-order valence-electron chi connectivity index (χ3n) is 4.68. The Labute approximate surface area is 167 Å². The third-order valence-corrected chi connectivity index (χ3v) is 5.99. The third kappa shape index (κ3) is 6.83. The molecule has 28 heavy (non-hydrogen) atoms. The molecule has 1 N–H and O–H groups in total. The number of amides is 1. The van der Waals surface area contributed by atoms with Crippen LogP contribution in [0.2, 0.25) is 0 Å². The van der Waals surface area contributed by atoms with Gasteiger partial charge >= 0.3 is 0 Å². The molecule has 0 aliphatic carbocycles. The average Bonchev–Trinajstić information content (AvgIpc) is 2.69. The lowest BCUT2D eigenvalue weighted by Crippen LogP contribution is -2.40. The van der Waals surface area contributed by atoms with E-state index in [0.29, 0.717) is 43.7 Å². The van der Waals surface area contributed by atoms with E-state index in [1.54, 1.807) is 13.2 Å². The summed E-state index contributed by atoms with van der Waals surface area (Å²) >= 11 is 0. The summed E-state index contributed by atoms with van der Waals surface area (Å²) in [6.07, 6.45) is 6.89. The van der Waals surface area contributed by atoms with Gasteiger partial charge in [0.2, 0.25) is 15.9 Å². The van der Waals surface area contributed by atoms with Gasteiger partial charge < -0.3 is 14.8 Å². The zero-order valence-electron chi connectivity index (χ0n) is 16.8. The first-order valence-corrected chi connectivity index (χ1v) is 11.4. The van der Waals surface area contributed by atoms with Crippen LogP contribution in [-0.2, 0) is 14.8 Å². The number of nitrogens with zero attached hydrogens (tertiary/aromatic N) is 1. The lowest BCUT2D eigenvalue weighted by molar-refractivity contribution is -0.116. The number of benzene rings is 1. The van der Waals surface area contributed by atoms with Crippen molar-refractivity contribution in [1.29, 1.82) is 0 Å². The van der Waals surface area contributed by atoms with Gasteiger partial charge in [0.05, 0.1) is 20.0 Å². The second-order valence-electron chi connectivity index (χ2n) is 6.94. The van der Waals surface area contributed by atoms with Gasteiger partial charge in [0.15, 0.2) is 11.5 Å². The molecule has 2 rings (SSSR count). The summed E-state index contributed by atoms with van der Waals surface area (Å²) in [4.78, 5) is 12.1. The average molecular weight is 411 g/mol. The van der Waals surface area contributed by atoms with Crippen molar-refractivity contribution in [2.75, 3.05) is 39.6 Å². The summed E-state index contributed by atoms with van der Waals surface area (Å²) in [5.41, 5.74) is 0.845. The second-order valence-corrected chi connectivity index (χ2v) is 8.93. The SMILES string of the molecule is CCCOc1ccc(/C=C/C(=O)NCC2CCN(S(C)(=O)=O)CC2)cc1OC. The summed E-state index contributed by atoms with van der Waals surface area (Å²) in [5.74, 6) is 1.45. The highest BCUT2D eigenvalue weighted by atomic mass is 32.2. The van der Waals surface area contributed by atoms with Crippen molar-refractivity contribution in [3.8, 4) is 11.5 Å². The van der Waals surface area contributed by atoms with Crippen LogP contribution < -0.4 is 14.8 Å². The predicted octanol–water partition coefficient (Wildman–Crippen LogP) is 2.29. The van der Waals surface area contributed by atoms with Crippen LogP contribution in [0.5, 0.6) is 11.5 Å². The number of piperidine rings is 1. The first kappa shape index (κ1) is 22.2. The Hall–Kier alpha value is -2.06. The molecule has 7 nitrogen and oxygen atoms in total. The monoisotopic (exact) mass is 410 g/mol. The molecule has 156 valence electrons. The Morgan fingerprint density at radius 3 is 2.61 bits per heavy atom.